The largest absolute Gasteiger partial charge is 0.490 e. The Morgan fingerprint density at radius 2 is 1.65 bits per heavy atom. The lowest BCUT2D eigenvalue weighted by atomic mass is 9.84. The lowest BCUT2D eigenvalue weighted by Crippen LogP contribution is -2.41. The van der Waals surface area contributed by atoms with E-state index in [1.165, 1.54) is 54.7 Å². The van der Waals surface area contributed by atoms with Crippen LogP contribution in [-0.2, 0) is 11.0 Å². The maximum atomic E-state index is 13.5. The number of benzene rings is 3. The molecule has 1 aliphatic heterocycles. The fraction of sp³-hybridized carbons (Fsp3) is 0.333. The Bertz CT molecular complexity index is 1350. The number of hydrogen-bond acceptors (Lipinski definition) is 3. The molecule has 0 radical (unpaired) electrons. The molecule has 3 aromatic rings. The number of anilines is 2. The number of carboxylic acids is 1. The molecule has 0 saturated heterocycles. The van der Waals surface area contributed by atoms with Crippen LogP contribution in [0.4, 0.5) is 29.3 Å². The van der Waals surface area contributed by atoms with Gasteiger partial charge in [0.15, 0.2) is 0 Å². The summed E-state index contributed by atoms with van der Waals surface area (Å²) in [5.74, 6) is 0.295. The third-order valence-electron chi connectivity index (χ3n) is 6.94. The molecule has 1 heterocycles. The van der Waals surface area contributed by atoms with Gasteiger partial charge in [0, 0.05) is 6.92 Å². The molecule has 2 aliphatic rings. The van der Waals surface area contributed by atoms with E-state index in [4.69, 9.17) is 26.2 Å². The Kier molecular flexibility index (Phi) is 9.25. The van der Waals surface area contributed by atoms with Gasteiger partial charge in [-0.05, 0) is 59.7 Å². The van der Waals surface area contributed by atoms with Crippen molar-refractivity contribution in [3.8, 4) is 16.9 Å². The van der Waals surface area contributed by atoms with Crippen LogP contribution in [0.2, 0.25) is 5.02 Å². The molecule has 0 unspecified atom stereocenters. The maximum Gasteiger partial charge on any atom is 0.418 e. The minimum atomic E-state index is -4.65. The van der Waals surface area contributed by atoms with Crippen LogP contribution < -0.4 is 15.0 Å². The van der Waals surface area contributed by atoms with E-state index >= 15 is 0 Å². The Morgan fingerprint density at radius 3 is 2.30 bits per heavy atom. The fourth-order valence-electron chi connectivity index (χ4n) is 5.06. The van der Waals surface area contributed by atoms with E-state index < -0.39 is 29.4 Å². The minimum Gasteiger partial charge on any atom is -0.490 e. The first-order chi connectivity index (χ1) is 19.0. The fourth-order valence-corrected chi connectivity index (χ4v) is 5.28. The minimum absolute atomic E-state index is 0.182. The number of nitrogens with one attached hydrogen (secondary N) is 1. The van der Waals surface area contributed by atoms with E-state index in [9.17, 15) is 18.0 Å². The molecule has 1 saturated carbocycles. The summed E-state index contributed by atoms with van der Waals surface area (Å²) in [5.41, 5.74) is 2.38. The summed E-state index contributed by atoms with van der Waals surface area (Å²) in [7, 11) is 0. The lowest BCUT2D eigenvalue weighted by molar-refractivity contribution is -0.137. The molecule has 212 valence electrons. The van der Waals surface area contributed by atoms with Crippen molar-refractivity contribution in [1.82, 2.24) is 0 Å². The topological polar surface area (TPSA) is 78.9 Å². The summed E-state index contributed by atoms with van der Waals surface area (Å²) < 4.78 is 46.2. The number of para-hydroxylation sites is 1. The van der Waals surface area contributed by atoms with Gasteiger partial charge < -0.3 is 15.2 Å². The van der Waals surface area contributed by atoms with Gasteiger partial charge in [0.05, 0.1) is 28.5 Å². The Labute approximate surface area is 235 Å². The first-order valence-corrected chi connectivity index (χ1v) is 13.4. The van der Waals surface area contributed by atoms with Gasteiger partial charge in [0.2, 0.25) is 0 Å². The number of nitrogens with zero attached hydrogens (tertiary/aromatic N) is 1. The molecule has 1 aliphatic carbocycles. The zero-order valence-corrected chi connectivity index (χ0v) is 22.7. The molecule has 0 atom stereocenters. The molecule has 2 amide bonds. The smallest absolute Gasteiger partial charge is 0.418 e. The van der Waals surface area contributed by atoms with Gasteiger partial charge in [-0.2, -0.15) is 13.2 Å². The first-order valence-electron chi connectivity index (χ1n) is 13.1. The summed E-state index contributed by atoms with van der Waals surface area (Å²) in [6, 6.07) is 16.8. The molecule has 0 aromatic heterocycles. The molecule has 2 N–H and O–H groups in total. The highest BCUT2D eigenvalue weighted by atomic mass is 35.5. The molecule has 3 aromatic carbocycles. The van der Waals surface area contributed by atoms with Crippen LogP contribution in [0.5, 0.6) is 5.75 Å². The highest BCUT2D eigenvalue weighted by Crippen LogP contribution is 2.40. The van der Waals surface area contributed by atoms with E-state index in [1.807, 2.05) is 12.1 Å². The van der Waals surface area contributed by atoms with Crippen molar-refractivity contribution in [2.75, 3.05) is 23.4 Å². The Hall–Kier alpha value is -3.72. The van der Waals surface area contributed by atoms with Crippen molar-refractivity contribution in [3.05, 3.63) is 76.8 Å². The Balaban J connectivity index is 0.000000867. The van der Waals surface area contributed by atoms with Crippen LogP contribution >= 0.6 is 11.6 Å². The zero-order valence-electron chi connectivity index (χ0n) is 21.9. The van der Waals surface area contributed by atoms with Gasteiger partial charge in [0.25, 0.3) is 5.97 Å². The average Bonchev–Trinajstić information content (AvgIpc) is 2.93. The number of carbonyl (C=O) groups excluding carboxylic acids is 1. The van der Waals surface area contributed by atoms with E-state index in [0.29, 0.717) is 17.4 Å². The number of alkyl halides is 3. The maximum absolute atomic E-state index is 13.5. The molecular formula is C30H30ClF3N2O4. The van der Waals surface area contributed by atoms with Gasteiger partial charge in [-0.25, -0.2) is 4.79 Å². The second-order valence-corrected chi connectivity index (χ2v) is 10.2. The SMILES string of the molecule is CC(=O)O.O=C(Nc1c(Cl)cccc1C(F)(F)F)N1CCOc2cc(-c3ccc(C4CCCCC4)cc3)ccc21. The van der Waals surface area contributed by atoms with Gasteiger partial charge in [0.1, 0.15) is 12.4 Å². The molecule has 0 bridgehead atoms. The lowest BCUT2D eigenvalue weighted by Gasteiger charge is -2.30. The highest BCUT2D eigenvalue weighted by molar-refractivity contribution is 6.34. The monoisotopic (exact) mass is 574 g/mol. The van der Waals surface area contributed by atoms with Crippen LogP contribution in [0.15, 0.2) is 60.7 Å². The number of fused-ring (bicyclic) bond motifs is 1. The van der Waals surface area contributed by atoms with Crippen LogP contribution in [0.25, 0.3) is 11.1 Å². The molecule has 5 rings (SSSR count). The molecule has 0 spiro atoms. The third kappa shape index (κ3) is 7.07. The van der Waals surface area contributed by atoms with Crippen molar-refractivity contribution < 1.29 is 32.6 Å². The van der Waals surface area contributed by atoms with Crippen molar-refractivity contribution in [2.45, 2.75) is 51.1 Å². The third-order valence-corrected chi connectivity index (χ3v) is 7.25. The molecular weight excluding hydrogens is 545 g/mol. The second kappa shape index (κ2) is 12.6. The van der Waals surface area contributed by atoms with Crippen LogP contribution in [0, 0.1) is 0 Å². The van der Waals surface area contributed by atoms with Crippen molar-refractivity contribution in [2.24, 2.45) is 0 Å². The number of urea groups is 1. The van der Waals surface area contributed by atoms with Gasteiger partial charge in [-0.1, -0.05) is 67.3 Å². The van der Waals surface area contributed by atoms with Gasteiger partial charge in [-0.3, -0.25) is 9.69 Å². The summed E-state index contributed by atoms with van der Waals surface area (Å²) >= 11 is 6.01. The van der Waals surface area contributed by atoms with E-state index in [0.717, 1.165) is 24.1 Å². The number of aliphatic carboxylic acids is 1. The number of carboxylic acid groups (broad SMARTS) is 1. The highest BCUT2D eigenvalue weighted by Gasteiger charge is 2.35. The van der Waals surface area contributed by atoms with Crippen molar-refractivity contribution >= 4 is 35.0 Å². The standard InChI is InChI=1S/C28H26ClF3N2O2.C2H4O2/c29-23-8-4-7-22(28(30,31)32)26(23)33-27(35)34-15-16-36-25-17-21(13-14-24(25)34)20-11-9-19(10-12-20)18-5-2-1-3-6-18;1-2(3)4/h4,7-14,17-18H,1-3,5-6,15-16H2,(H,33,35);1H3,(H,3,4). The van der Waals surface area contributed by atoms with Crippen molar-refractivity contribution in [3.63, 3.8) is 0 Å². The number of hydrogen-bond donors (Lipinski definition) is 2. The summed E-state index contributed by atoms with van der Waals surface area (Å²) in [4.78, 5) is 23.4. The van der Waals surface area contributed by atoms with E-state index in [-0.39, 0.29) is 18.2 Å². The molecule has 1 fully saturated rings. The molecule has 10 heteroatoms. The first kappa shape index (κ1) is 29.3. The summed E-state index contributed by atoms with van der Waals surface area (Å²) in [5, 5.41) is 9.59. The van der Waals surface area contributed by atoms with Gasteiger partial charge >= 0.3 is 12.2 Å². The van der Waals surface area contributed by atoms with Gasteiger partial charge in [-0.15, -0.1) is 0 Å². The zero-order chi connectivity index (χ0) is 28.9. The van der Waals surface area contributed by atoms with Crippen LogP contribution in [0.1, 0.15) is 56.1 Å². The quantitative estimate of drug-likeness (QED) is 0.328. The average molecular weight is 575 g/mol. The van der Waals surface area contributed by atoms with Crippen LogP contribution in [-0.4, -0.2) is 30.3 Å². The van der Waals surface area contributed by atoms with Crippen LogP contribution in [0.3, 0.4) is 0 Å². The number of halogens is 4. The van der Waals surface area contributed by atoms with E-state index in [1.54, 1.807) is 6.07 Å². The Morgan fingerprint density at radius 1 is 1.00 bits per heavy atom. The predicted octanol–water partition coefficient (Wildman–Crippen LogP) is 8.60. The summed E-state index contributed by atoms with van der Waals surface area (Å²) in [6.45, 7) is 1.50. The molecule has 6 nitrogen and oxygen atoms in total. The normalized spacial score (nSPS) is 15.3. The predicted molar refractivity (Wildman–Crippen MR) is 149 cm³/mol. The van der Waals surface area contributed by atoms with Crippen molar-refractivity contribution in [1.29, 1.82) is 0 Å². The number of ether oxygens (including phenoxy) is 1. The number of amides is 2. The second-order valence-electron chi connectivity index (χ2n) is 9.75. The van der Waals surface area contributed by atoms with E-state index in [2.05, 4.69) is 29.6 Å². The summed E-state index contributed by atoms with van der Waals surface area (Å²) in [6.07, 6.45) is 1.71. The number of carbonyl (C=O) groups is 2. The molecule has 40 heavy (non-hydrogen) atoms. The number of rotatable bonds is 3.